The third-order valence-electron chi connectivity index (χ3n) is 11.2. The van der Waals surface area contributed by atoms with E-state index < -0.39 is 5.82 Å². The van der Waals surface area contributed by atoms with Crippen LogP contribution < -0.4 is 14.5 Å². The van der Waals surface area contributed by atoms with E-state index in [4.69, 9.17) is 31.0 Å². The Morgan fingerprint density at radius 1 is 0.959 bits per heavy atom. The maximum Gasteiger partial charge on any atom is 0.318 e. The number of carbonyl (C=O) groups excluding carboxylic acids is 1. The summed E-state index contributed by atoms with van der Waals surface area (Å²) in [6.07, 6.45) is 9.13. The van der Waals surface area contributed by atoms with E-state index in [0.717, 1.165) is 105 Å². The molecular formula is C37H45ClFN7O3. The third kappa shape index (κ3) is 6.58. The van der Waals surface area contributed by atoms with Gasteiger partial charge in [0.1, 0.15) is 18.2 Å². The highest BCUT2D eigenvalue weighted by molar-refractivity contribution is 6.36. The molecule has 10 nitrogen and oxygen atoms in total. The van der Waals surface area contributed by atoms with Gasteiger partial charge in [-0.25, -0.2) is 4.39 Å². The number of benzene rings is 2. The maximum atomic E-state index is 14.6. The summed E-state index contributed by atoms with van der Waals surface area (Å²) in [6.45, 7) is 10.8. The minimum Gasteiger partial charge on any atom is -0.461 e. The molecule has 0 radical (unpaired) electrons. The number of fused-ring (bicyclic) bond motifs is 3. The molecule has 0 spiro atoms. The monoisotopic (exact) mass is 689 g/mol. The van der Waals surface area contributed by atoms with Crippen molar-refractivity contribution in [1.29, 1.82) is 0 Å². The van der Waals surface area contributed by atoms with E-state index in [-0.39, 0.29) is 16.5 Å². The molecule has 6 heterocycles. The fourth-order valence-electron chi connectivity index (χ4n) is 8.47. The molecular weight excluding hydrogens is 645 g/mol. The molecule has 0 saturated carbocycles. The molecule has 260 valence electrons. The smallest absolute Gasteiger partial charge is 0.318 e. The predicted octanol–water partition coefficient (Wildman–Crippen LogP) is 4.53. The van der Waals surface area contributed by atoms with Crippen molar-refractivity contribution < 1.29 is 18.7 Å². The number of ether oxygens (including phenoxy) is 2. The van der Waals surface area contributed by atoms with E-state index in [1.54, 1.807) is 12.1 Å². The van der Waals surface area contributed by atoms with Crippen LogP contribution in [0.4, 0.5) is 15.9 Å². The van der Waals surface area contributed by atoms with Gasteiger partial charge in [-0.1, -0.05) is 35.9 Å². The van der Waals surface area contributed by atoms with Gasteiger partial charge in [-0.05, 0) is 62.7 Å². The quantitative estimate of drug-likeness (QED) is 0.317. The number of hydrogen-bond acceptors (Lipinski definition) is 9. The van der Waals surface area contributed by atoms with Crippen LogP contribution in [0.1, 0.15) is 36.9 Å². The van der Waals surface area contributed by atoms with Crippen molar-refractivity contribution in [3.63, 3.8) is 0 Å². The summed E-state index contributed by atoms with van der Waals surface area (Å²) >= 11 is 6.55. The zero-order chi connectivity index (χ0) is 33.4. The first-order valence-electron chi connectivity index (χ1n) is 17.9. The topological polar surface area (TPSA) is 77.5 Å². The van der Waals surface area contributed by atoms with Gasteiger partial charge in [0.05, 0.1) is 36.0 Å². The number of halogens is 2. The molecule has 0 atom stereocenters. The van der Waals surface area contributed by atoms with Gasteiger partial charge in [0.15, 0.2) is 0 Å². The van der Waals surface area contributed by atoms with E-state index in [2.05, 4.69) is 19.6 Å². The van der Waals surface area contributed by atoms with Crippen molar-refractivity contribution in [2.45, 2.75) is 44.2 Å². The number of nitrogens with zero attached hydrogens (tertiary/aromatic N) is 7. The van der Waals surface area contributed by atoms with Crippen molar-refractivity contribution in [2.75, 3.05) is 95.1 Å². The number of amides is 1. The van der Waals surface area contributed by atoms with Crippen molar-refractivity contribution in [2.24, 2.45) is 0 Å². The molecule has 1 aromatic heterocycles. The maximum absolute atomic E-state index is 14.6. The molecule has 8 rings (SSSR count). The van der Waals surface area contributed by atoms with Crippen LogP contribution in [0.15, 0.2) is 42.5 Å². The average molecular weight is 690 g/mol. The highest BCUT2D eigenvalue weighted by Gasteiger charge is 2.45. The average Bonchev–Trinajstić information content (AvgIpc) is 3.73. The van der Waals surface area contributed by atoms with Crippen molar-refractivity contribution in [3.05, 3.63) is 64.6 Å². The number of hydrogen-bond donors (Lipinski definition) is 0. The molecule has 0 bridgehead atoms. The summed E-state index contributed by atoms with van der Waals surface area (Å²) in [5.74, 6) is 0.542. The molecule has 1 amide bonds. The SMILES string of the molecule is O=C(/C=C/CN1CCOCC1)N1CCN(c2nc(OCC34CCCN3CCC4)nc3c2CCN(c2cccc4ccc(F)c(Cl)c24)C3)CC1. The van der Waals surface area contributed by atoms with Gasteiger partial charge in [-0.15, -0.1) is 0 Å². The second-order valence-electron chi connectivity index (χ2n) is 14.0. The molecule has 0 aliphatic carbocycles. The van der Waals surface area contributed by atoms with E-state index in [1.807, 2.05) is 29.2 Å². The molecule has 0 N–H and O–H groups in total. The Hall–Kier alpha value is -3.51. The number of anilines is 2. The van der Waals surface area contributed by atoms with Crippen LogP contribution in [-0.2, 0) is 22.5 Å². The Morgan fingerprint density at radius 2 is 1.76 bits per heavy atom. The lowest BCUT2D eigenvalue weighted by atomic mass is 9.95. The van der Waals surface area contributed by atoms with Gasteiger partial charge < -0.3 is 24.2 Å². The number of piperazine rings is 1. The van der Waals surface area contributed by atoms with E-state index in [9.17, 15) is 9.18 Å². The van der Waals surface area contributed by atoms with Crippen LogP contribution in [0.3, 0.4) is 0 Å². The van der Waals surface area contributed by atoms with Gasteiger partial charge in [0, 0.05) is 75.1 Å². The Balaban J connectivity index is 1.03. The summed E-state index contributed by atoms with van der Waals surface area (Å²) < 4.78 is 26.6. The highest BCUT2D eigenvalue weighted by Crippen LogP contribution is 2.40. The van der Waals surface area contributed by atoms with Crippen LogP contribution in [0, 0.1) is 5.82 Å². The second kappa shape index (κ2) is 14.0. The minimum absolute atomic E-state index is 0.0550. The molecule has 12 heteroatoms. The number of aromatic nitrogens is 2. The Labute approximate surface area is 292 Å². The summed E-state index contributed by atoms with van der Waals surface area (Å²) in [5, 5.41) is 1.77. The van der Waals surface area contributed by atoms with Gasteiger partial charge in [0.25, 0.3) is 0 Å². The molecule has 4 fully saturated rings. The normalized spacial score (nSPS) is 21.5. The van der Waals surface area contributed by atoms with Crippen molar-refractivity contribution in [3.8, 4) is 6.01 Å². The van der Waals surface area contributed by atoms with Gasteiger partial charge >= 0.3 is 6.01 Å². The van der Waals surface area contributed by atoms with E-state index >= 15 is 0 Å². The summed E-state index contributed by atoms with van der Waals surface area (Å²) in [5.41, 5.74) is 3.02. The number of rotatable bonds is 8. The molecule has 49 heavy (non-hydrogen) atoms. The Bertz CT molecular complexity index is 1720. The lowest BCUT2D eigenvalue weighted by molar-refractivity contribution is -0.126. The van der Waals surface area contributed by atoms with Gasteiger partial charge in [0.2, 0.25) is 5.91 Å². The third-order valence-corrected chi connectivity index (χ3v) is 11.5. The molecule has 5 aliphatic heterocycles. The van der Waals surface area contributed by atoms with Crippen molar-refractivity contribution in [1.82, 2.24) is 24.7 Å². The molecule has 5 aliphatic rings. The van der Waals surface area contributed by atoms with Crippen LogP contribution in [0.2, 0.25) is 5.02 Å². The van der Waals surface area contributed by atoms with Crippen molar-refractivity contribution >= 4 is 39.8 Å². The van der Waals surface area contributed by atoms with Crippen LogP contribution in [0.25, 0.3) is 10.8 Å². The number of carbonyl (C=O) groups is 1. The van der Waals surface area contributed by atoms with Crippen LogP contribution in [-0.4, -0.2) is 121 Å². The molecule has 2 aromatic carbocycles. The highest BCUT2D eigenvalue weighted by atomic mass is 35.5. The largest absolute Gasteiger partial charge is 0.461 e. The Kier molecular flexibility index (Phi) is 9.35. The molecule has 0 unspecified atom stereocenters. The summed E-state index contributed by atoms with van der Waals surface area (Å²) in [6, 6.07) is 9.59. The second-order valence-corrected chi connectivity index (χ2v) is 14.4. The van der Waals surface area contributed by atoms with E-state index in [0.29, 0.717) is 45.3 Å². The fraction of sp³-hybridized carbons (Fsp3) is 0.541. The number of morpholine rings is 1. The van der Waals surface area contributed by atoms with Gasteiger partial charge in [-0.2, -0.15) is 9.97 Å². The molecule has 4 saturated heterocycles. The fourth-order valence-corrected chi connectivity index (χ4v) is 8.73. The first-order valence-corrected chi connectivity index (χ1v) is 18.3. The Morgan fingerprint density at radius 3 is 2.55 bits per heavy atom. The zero-order valence-electron chi connectivity index (χ0n) is 28.1. The lowest BCUT2D eigenvalue weighted by Crippen LogP contribution is -2.49. The van der Waals surface area contributed by atoms with E-state index in [1.165, 1.54) is 18.9 Å². The standard InChI is InChI=1S/C37H45ClFN7O3/c38-34-29(39)9-8-27-5-1-6-31(33(27)34)45-16-10-28-30(25-45)40-36(49-26-37-11-3-14-46(37)15-4-12-37)41-35(28)44-19-17-43(18-20-44)32(47)7-2-13-42-21-23-48-24-22-42/h1-2,5-9H,3-4,10-26H2/b7-2+. The first kappa shape index (κ1) is 32.7. The lowest BCUT2D eigenvalue weighted by Gasteiger charge is -2.38. The van der Waals surface area contributed by atoms with Crippen LogP contribution in [0.5, 0.6) is 6.01 Å². The van der Waals surface area contributed by atoms with Gasteiger partial charge in [-0.3, -0.25) is 14.6 Å². The van der Waals surface area contributed by atoms with Crippen LogP contribution >= 0.6 is 11.6 Å². The summed E-state index contributed by atoms with van der Waals surface area (Å²) in [4.78, 5) is 34.5. The zero-order valence-corrected chi connectivity index (χ0v) is 28.8. The first-order chi connectivity index (χ1) is 24.0. The summed E-state index contributed by atoms with van der Waals surface area (Å²) in [7, 11) is 0. The minimum atomic E-state index is -0.420. The predicted molar refractivity (Wildman–Crippen MR) is 189 cm³/mol. The molecule has 3 aromatic rings.